The molecule has 0 aliphatic rings. The van der Waals surface area contributed by atoms with Crippen molar-refractivity contribution in [3.63, 3.8) is 0 Å². The van der Waals surface area contributed by atoms with Crippen LogP contribution < -0.4 is 24.8 Å². The van der Waals surface area contributed by atoms with Crippen LogP contribution in [0.15, 0.2) is 59.1 Å². The summed E-state index contributed by atoms with van der Waals surface area (Å²) in [5.74, 6) is 0.139. The van der Waals surface area contributed by atoms with E-state index in [1.807, 2.05) is 0 Å². The van der Waals surface area contributed by atoms with Gasteiger partial charge in [0.1, 0.15) is 22.8 Å². The molecular formula is C33H35ClFN3O6. The van der Waals surface area contributed by atoms with Gasteiger partial charge in [0.25, 0.3) is 5.91 Å². The second kappa shape index (κ2) is 15.2. The van der Waals surface area contributed by atoms with Gasteiger partial charge in [0.05, 0.1) is 38.3 Å². The number of ether oxygens (including phenoxy) is 3. The number of unbranched alkanes of at least 4 members (excludes halogenated alkanes) is 3. The van der Waals surface area contributed by atoms with Gasteiger partial charge in [-0.05, 0) is 36.2 Å². The van der Waals surface area contributed by atoms with Crippen LogP contribution in [-0.4, -0.2) is 38.3 Å². The Labute approximate surface area is 260 Å². The van der Waals surface area contributed by atoms with E-state index in [0.717, 1.165) is 25.7 Å². The van der Waals surface area contributed by atoms with Gasteiger partial charge in [0.2, 0.25) is 11.7 Å². The van der Waals surface area contributed by atoms with E-state index in [-0.39, 0.29) is 34.2 Å². The molecule has 0 saturated heterocycles. The summed E-state index contributed by atoms with van der Waals surface area (Å²) in [5.41, 5.74) is 1.72. The monoisotopic (exact) mass is 623 g/mol. The number of benzene rings is 3. The van der Waals surface area contributed by atoms with Crippen molar-refractivity contribution in [1.29, 1.82) is 0 Å². The zero-order valence-corrected chi connectivity index (χ0v) is 25.8. The van der Waals surface area contributed by atoms with E-state index in [0.29, 0.717) is 46.4 Å². The molecule has 232 valence electrons. The van der Waals surface area contributed by atoms with Crippen molar-refractivity contribution in [2.24, 2.45) is 0 Å². The minimum Gasteiger partial charge on any atom is -0.493 e. The summed E-state index contributed by atoms with van der Waals surface area (Å²) < 4.78 is 36.5. The lowest BCUT2D eigenvalue weighted by atomic mass is 10.0. The predicted molar refractivity (Wildman–Crippen MR) is 168 cm³/mol. The third-order valence-corrected chi connectivity index (χ3v) is 7.26. The molecule has 0 unspecified atom stereocenters. The summed E-state index contributed by atoms with van der Waals surface area (Å²) in [6.45, 7) is 2.11. The first-order chi connectivity index (χ1) is 21.3. The SMILES string of the molecule is CCCCCCc1onc(-c2c(F)cccc2Cl)c1C(=O)Nc1cccc(CC(=O)Nc2cc(OC)c(OC)c(OC)c2)c1. The topological polar surface area (TPSA) is 112 Å². The summed E-state index contributed by atoms with van der Waals surface area (Å²) in [7, 11) is 4.48. The molecule has 4 rings (SSSR count). The Kier molecular flexibility index (Phi) is 11.2. The number of halogens is 2. The van der Waals surface area contributed by atoms with E-state index in [9.17, 15) is 14.0 Å². The normalized spacial score (nSPS) is 10.8. The van der Waals surface area contributed by atoms with Crippen molar-refractivity contribution in [3.8, 4) is 28.5 Å². The average molecular weight is 624 g/mol. The number of hydrogen-bond donors (Lipinski definition) is 2. The Hall–Kier alpha value is -4.57. The van der Waals surface area contributed by atoms with Crippen LogP contribution in [0, 0.1) is 5.82 Å². The molecule has 0 atom stereocenters. The minimum atomic E-state index is -0.613. The number of carbonyl (C=O) groups is 2. The second-order valence-electron chi connectivity index (χ2n) is 10.0. The molecule has 0 aliphatic carbocycles. The number of amides is 2. The zero-order valence-electron chi connectivity index (χ0n) is 25.1. The number of rotatable bonds is 14. The smallest absolute Gasteiger partial charge is 0.261 e. The molecule has 2 N–H and O–H groups in total. The highest BCUT2D eigenvalue weighted by Crippen LogP contribution is 2.40. The van der Waals surface area contributed by atoms with Crippen LogP contribution in [0.3, 0.4) is 0 Å². The largest absolute Gasteiger partial charge is 0.493 e. The Bertz CT molecular complexity index is 1580. The van der Waals surface area contributed by atoms with Crippen LogP contribution >= 0.6 is 11.6 Å². The van der Waals surface area contributed by atoms with Crippen LogP contribution in [0.2, 0.25) is 5.02 Å². The maximum atomic E-state index is 14.9. The number of carbonyl (C=O) groups excluding carboxylic acids is 2. The number of nitrogens with one attached hydrogen (secondary N) is 2. The maximum absolute atomic E-state index is 14.9. The maximum Gasteiger partial charge on any atom is 0.261 e. The van der Waals surface area contributed by atoms with E-state index < -0.39 is 11.7 Å². The lowest BCUT2D eigenvalue weighted by Crippen LogP contribution is -2.16. The summed E-state index contributed by atoms with van der Waals surface area (Å²) in [6, 6.07) is 14.4. The van der Waals surface area contributed by atoms with Crippen LogP contribution in [0.4, 0.5) is 15.8 Å². The lowest BCUT2D eigenvalue weighted by molar-refractivity contribution is -0.115. The molecule has 0 bridgehead atoms. The van der Waals surface area contributed by atoms with Crippen molar-refractivity contribution in [3.05, 3.63) is 82.3 Å². The molecule has 4 aromatic rings. The number of anilines is 2. The van der Waals surface area contributed by atoms with Crippen LogP contribution in [0.5, 0.6) is 17.2 Å². The minimum absolute atomic E-state index is 0.0000829. The molecule has 0 fully saturated rings. The van der Waals surface area contributed by atoms with Crippen molar-refractivity contribution < 1.29 is 32.7 Å². The fourth-order valence-corrected chi connectivity index (χ4v) is 5.08. The molecule has 0 radical (unpaired) electrons. The van der Waals surface area contributed by atoms with Gasteiger partial charge in [-0.15, -0.1) is 0 Å². The van der Waals surface area contributed by atoms with Crippen molar-refractivity contribution in [2.75, 3.05) is 32.0 Å². The molecule has 0 aliphatic heterocycles. The molecule has 9 nitrogen and oxygen atoms in total. The Balaban J connectivity index is 1.54. The van der Waals surface area contributed by atoms with Crippen molar-refractivity contribution >= 4 is 34.8 Å². The van der Waals surface area contributed by atoms with Crippen LogP contribution in [0.1, 0.15) is 54.3 Å². The lowest BCUT2D eigenvalue weighted by Gasteiger charge is -2.14. The Morgan fingerprint density at radius 3 is 2.30 bits per heavy atom. The van der Waals surface area contributed by atoms with E-state index in [4.69, 9.17) is 30.3 Å². The number of methoxy groups -OCH3 is 3. The van der Waals surface area contributed by atoms with E-state index in [2.05, 4.69) is 22.7 Å². The fraction of sp³-hybridized carbons (Fsp3) is 0.303. The molecule has 44 heavy (non-hydrogen) atoms. The fourth-order valence-electron chi connectivity index (χ4n) is 4.83. The van der Waals surface area contributed by atoms with Gasteiger partial charge < -0.3 is 29.4 Å². The van der Waals surface area contributed by atoms with Gasteiger partial charge in [-0.25, -0.2) is 4.39 Å². The van der Waals surface area contributed by atoms with Crippen LogP contribution in [-0.2, 0) is 17.6 Å². The molecule has 2 amide bonds. The number of nitrogens with zero attached hydrogens (tertiary/aromatic N) is 1. The predicted octanol–water partition coefficient (Wildman–Crippen LogP) is 7.72. The Morgan fingerprint density at radius 2 is 1.64 bits per heavy atom. The summed E-state index contributed by atoms with van der Waals surface area (Å²) in [4.78, 5) is 26.6. The first-order valence-corrected chi connectivity index (χ1v) is 14.6. The van der Waals surface area contributed by atoms with Crippen molar-refractivity contribution in [2.45, 2.75) is 45.4 Å². The van der Waals surface area contributed by atoms with Crippen LogP contribution in [0.25, 0.3) is 11.3 Å². The number of aryl methyl sites for hydroxylation is 1. The van der Waals surface area contributed by atoms with Gasteiger partial charge in [-0.1, -0.05) is 61.1 Å². The Morgan fingerprint density at radius 1 is 0.909 bits per heavy atom. The van der Waals surface area contributed by atoms with Gasteiger partial charge >= 0.3 is 0 Å². The van der Waals surface area contributed by atoms with Gasteiger partial charge in [-0.3, -0.25) is 9.59 Å². The van der Waals surface area contributed by atoms with Gasteiger partial charge in [0, 0.05) is 29.9 Å². The number of aromatic nitrogens is 1. The summed E-state index contributed by atoms with van der Waals surface area (Å²) in [5, 5.41) is 9.87. The van der Waals surface area contributed by atoms with E-state index >= 15 is 0 Å². The van der Waals surface area contributed by atoms with Crippen molar-refractivity contribution in [1.82, 2.24) is 5.16 Å². The summed E-state index contributed by atoms with van der Waals surface area (Å²) >= 11 is 6.32. The second-order valence-corrected chi connectivity index (χ2v) is 10.4. The molecule has 1 aromatic heterocycles. The first kappa shape index (κ1) is 32.3. The number of hydrogen-bond acceptors (Lipinski definition) is 7. The third-order valence-electron chi connectivity index (χ3n) is 6.94. The standard InChI is InChI=1S/C33H35ClFN3O6/c1-5-6-7-8-15-25-30(31(38-44-25)29-23(34)13-10-14-24(29)35)33(40)37-21-12-9-11-20(16-21)17-28(39)36-22-18-26(41-2)32(43-4)27(19-22)42-3/h9-14,16,18-19H,5-8,15,17H2,1-4H3,(H,36,39)(H,37,40). The first-order valence-electron chi connectivity index (χ1n) is 14.2. The molecule has 0 spiro atoms. The average Bonchev–Trinajstić information content (AvgIpc) is 3.42. The highest BCUT2D eigenvalue weighted by Gasteiger charge is 2.27. The molecule has 11 heteroatoms. The molecule has 1 heterocycles. The molecular weight excluding hydrogens is 589 g/mol. The highest BCUT2D eigenvalue weighted by molar-refractivity contribution is 6.33. The van der Waals surface area contributed by atoms with E-state index in [1.54, 1.807) is 36.4 Å². The zero-order chi connectivity index (χ0) is 31.6. The van der Waals surface area contributed by atoms with E-state index in [1.165, 1.54) is 39.5 Å². The van der Waals surface area contributed by atoms with Gasteiger partial charge in [-0.2, -0.15) is 0 Å². The molecule has 0 saturated carbocycles. The highest BCUT2D eigenvalue weighted by atomic mass is 35.5. The molecule has 3 aromatic carbocycles. The quantitative estimate of drug-likeness (QED) is 0.138. The summed E-state index contributed by atoms with van der Waals surface area (Å²) in [6.07, 6.45) is 4.31. The third kappa shape index (κ3) is 7.68. The van der Waals surface area contributed by atoms with Gasteiger partial charge in [0.15, 0.2) is 11.5 Å².